The fourth-order valence-electron chi connectivity index (χ4n) is 3.35. The number of nitrogens with two attached hydrogens (primary N) is 1. The molecule has 2 fully saturated rings. The summed E-state index contributed by atoms with van der Waals surface area (Å²) in [6.45, 7) is -0.731. The van der Waals surface area contributed by atoms with Crippen LogP contribution >= 0.6 is 0 Å². The second-order valence-electron chi connectivity index (χ2n) is 6.67. The van der Waals surface area contributed by atoms with Gasteiger partial charge in [-0.1, -0.05) is 0 Å². The summed E-state index contributed by atoms with van der Waals surface area (Å²) in [6, 6.07) is 0. The van der Waals surface area contributed by atoms with Crippen molar-refractivity contribution in [3.05, 3.63) is 12.7 Å². The molecule has 2 aromatic heterocycles. The molecule has 13 heteroatoms. The Hall–Kier alpha value is -1.97. The molecule has 154 valence electrons. The number of imidazole rings is 1. The van der Waals surface area contributed by atoms with E-state index in [0.29, 0.717) is 11.2 Å². The molecule has 2 aliphatic heterocycles. The summed E-state index contributed by atoms with van der Waals surface area (Å²) < 4.78 is 17.7. The van der Waals surface area contributed by atoms with Gasteiger partial charge in [0.05, 0.1) is 19.5 Å². The van der Waals surface area contributed by atoms with Crippen molar-refractivity contribution in [2.24, 2.45) is 0 Å². The summed E-state index contributed by atoms with van der Waals surface area (Å²) >= 11 is 0. The van der Waals surface area contributed by atoms with Gasteiger partial charge >= 0.3 is 0 Å². The Bertz CT molecular complexity index is 836. The number of anilines is 1. The van der Waals surface area contributed by atoms with E-state index in [1.807, 2.05) is 0 Å². The van der Waals surface area contributed by atoms with Crippen LogP contribution in [0.4, 0.5) is 5.82 Å². The maximum absolute atomic E-state index is 10.4. The van der Waals surface area contributed by atoms with Crippen LogP contribution in [-0.2, 0) is 14.2 Å². The standard InChI is InChI=1S/C15H21N5O8/c16-12-7-13(18-3-17-12)20(4-19-7)14-10(24)9(23)6(27-14)2-26-15-11(25)8(22)5(1-21)28-15/h3-6,8-11,14-15,21-25H,1-2H2,(H2,16,17,18)/t5-,6-,8-,9-,10-,11-,14-,15?/m1/s1. The smallest absolute Gasteiger partial charge is 0.186 e. The lowest BCUT2D eigenvalue weighted by molar-refractivity contribution is -0.190. The lowest BCUT2D eigenvalue weighted by Gasteiger charge is -2.20. The minimum Gasteiger partial charge on any atom is -0.394 e. The molecule has 0 aromatic carbocycles. The number of nitrogens with zero attached hydrogens (tertiary/aromatic N) is 4. The quantitative estimate of drug-likeness (QED) is 0.290. The molecule has 0 aliphatic carbocycles. The van der Waals surface area contributed by atoms with Crippen LogP contribution in [0.1, 0.15) is 6.23 Å². The average molecular weight is 399 g/mol. The molecule has 8 atom stereocenters. The molecule has 1 unspecified atom stereocenters. The molecule has 13 nitrogen and oxygen atoms in total. The highest BCUT2D eigenvalue weighted by molar-refractivity contribution is 5.81. The first-order valence-electron chi connectivity index (χ1n) is 8.61. The van der Waals surface area contributed by atoms with Crippen molar-refractivity contribution in [3.63, 3.8) is 0 Å². The maximum atomic E-state index is 10.4. The normalized spacial score (nSPS) is 38.5. The van der Waals surface area contributed by atoms with Crippen LogP contribution in [0, 0.1) is 0 Å². The van der Waals surface area contributed by atoms with Gasteiger partial charge in [0, 0.05) is 0 Å². The van der Waals surface area contributed by atoms with Gasteiger partial charge in [-0.3, -0.25) is 4.57 Å². The second kappa shape index (κ2) is 7.46. The first-order valence-corrected chi connectivity index (χ1v) is 8.61. The van der Waals surface area contributed by atoms with E-state index >= 15 is 0 Å². The molecule has 4 rings (SSSR count). The van der Waals surface area contributed by atoms with Gasteiger partial charge in [0.1, 0.15) is 48.5 Å². The number of ether oxygens (including phenoxy) is 3. The van der Waals surface area contributed by atoms with Crippen LogP contribution < -0.4 is 5.73 Å². The van der Waals surface area contributed by atoms with E-state index in [1.54, 1.807) is 0 Å². The minimum atomic E-state index is -1.37. The highest BCUT2D eigenvalue weighted by Crippen LogP contribution is 2.33. The molecule has 0 radical (unpaired) electrons. The monoisotopic (exact) mass is 399 g/mol. The average Bonchev–Trinajstić information content (AvgIpc) is 3.32. The van der Waals surface area contributed by atoms with E-state index in [0.717, 1.165) is 0 Å². The molecule has 2 aromatic rings. The Morgan fingerprint density at radius 2 is 1.75 bits per heavy atom. The first kappa shape index (κ1) is 19.4. The number of hydrogen-bond acceptors (Lipinski definition) is 12. The molecular weight excluding hydrogens is 378 g/mol. The van der Waals surface area contributed by atoms with Crippen LogP contribution in [0.5, 0.6) is 0 Å². The Labute approximate surface area is 157 Å². The lowest BCUT2D eigenvalue weighted by Crippen LogP contribution is -2.38. The van der Waals surface area contributed by atoms with Crippen molar-refractivity contribution in [3.8, 4) is 0 Å². The third-order valence-corrected chi connectivity index (χ3v) is 4.92. The number of nitrogen functional groups attached to an aromatic ring is 1. The largest absolute Gasteiger partial charge is 0.394 e. The number of aliphatic hydroxyl groups excluding tert-OH is 5. The zero-order valence-corrected chi connectivity index (χ0v) is 14.5. The van der Waals surface area contributed by atoms with Crippen LogP contribution in [0.3, 0.4) is 0 Å². The van der Waals surface area contributed by atoms with Gasteiger partial charge in [0.2, 0.25) is 0 Å². The summed E-state index contributed by atoms with van der Waals surface area (Å²) in [7, 11) is 0. The summed E-state index contributed by atoms with van der Waals surface area (Å²) in [5.74, 6) is 0.168. The topological polar surface area (TPSA) is 198 Å². The molecule has 0 spiro atoms. The van der Waals surface area contributed by atoms with E-state index in [2.05, 4.69) is 15.0 Å². The molecule has 7 N–H and O–H groups in total. The zero-order valence-electron chi connectivity index (χ0n) is 14.5. The molecule has 2 saturated heterocycles. The maximum Gasteiger partial charge on any atom is 0.186 e. The second-order valence-corrected chi connectivity index (χ2v) is 6.67. The number of hydrogen-bond donors (Lipinski definition) is 6. The van der Waals surface area contributed by atoms with Gasteiger partial charge in [-0.15, -0.1) is 0 Å². The summed E-state index contributed by atoms with van der Waals surface area (Å²) in [4.78, 5) is 12.0. The van der Waals surface area contributed by atoms with Gasteiger partial charge in [0.15, 0.2) is 24.0 Å². The predicted octanol–water partition coefficient (Wildman–Crippen LogP) is -3.52. The fraction of sp³-hybridized carbons (Fsp3) is 0.667. The van der Waals surface area contributed by atoms with Gasteiger partial charge < -0.3 is 45.5 Å². The minimum absolute atomic E-state index is 0.168. The molecule has 4 heterocycles. The van der Waals surface area contributed by atoms with Crippen molar-refractivity contribution in [1.29, 1.82) is 0 Å². The zero-order chi connectivity index (χ0) is 20.0. The molecule has 0 saturated carbocycles. The van der Waals surface area contributed by atoms with Gasteiger partial charge in [-0.25, -0.2) is 15.0 Å². The summed E-state index contributed by atoms with van der Waals surface area (Å²) in [5, 5.41) is 49.4. The van der Waals surface area contributed by atoms with Crippen LogP contribution in [-0.4, -0.2) is 101 Å². The predicted molar refractivity (Wildman–Crippen MR) is 89.4 cm³/mol. The third-order valence-electron chi connectivity index (χ3n) is 4.92. The van der Waals surface area contributed by atoms with Crippen LogP contribution in [0.2, 0.25) is 0 Å². The van der Waals surface area contributed by atoms with Crippen molar-refractivity contribution >= 4 is 17.0 Å². The number of aliphatic hydroxyl groups is 5. The van der Waals surface area contributed by atoms with E-state index in [9.17, 15) is 20.4 Å². The van der Waals surface area contributed by atoms with Crippen LogP contribution in [0.15, 0.2) is 12.7 Å². The van der Waals surface area contributed by atoms with Gasteiger partial charge in [-0.2, -0.15) is 0 Å². The van der Waals surface area contributed by atoms with Gasteiger partial charge in [-0.05, 0) is 0 Å². The van der Waals surface area contributed by atoms with E-state index in [1.165, 1.54) is 17.2 Å². The van der Waals surface area contributed by atoms with E-state index < -0.39 is 55.7 Å². The number of rotatable bonds is 5. The first-order chi connectivity index (χ1) is 13.4. The Balaban J connectivity index is 1.45. The van der Waals surface area contributed by atoms with Crippen LogP contribution in [0.25, 0.3) is 11.2 Å². The van der Waals surface area contributed by atoms with Gasteiger partial charge in [0.25, 0.3) is 0 Å². The highest BCUT2D eigenvalue weighted by Gasteiger charge is 2.47. The summed E-state index contributed by atoms with van der Waals surface area (Å²) in [5.41, 5.74) is 6.41. The number of aromatic nitrogens is 4. The highest BCUT2D eigenvalue weighted by atomic mass is 16.7. The van der Waals surface area contributed by atoms with E-state index in [-0.39, 0.29) is 12.4 Å². The lowest BCUT2D eigenvalue weighted by atomic mass is 10.1. The third kappa shape index (κ3) is 3.11. The van der Waals surface area contributed by atoms with Crippen molar-refractivity contribution < 1.29 is 39.7 Å². The molecular formula is C15H21N5O8. The molecule has 0 bridgehead atoms. The molecule has 28 heavy (non-hydrogen) atoms. The Kier molecular flexibility index (Phi) is 5.15. The molecule has 0 amide bonds. The summed E-state index contributed by atoms with van der Waals surface area (Å²) in [6.07, 6.45) is -6.83. The van der Waals surface area contributed by atoms with Crippen molar-refractivity contribution in [1.82, 2.24) is 19.5 Å². The number of fused-ring (bicyclic) bond motifs is 1. The Morgan fingerprint density at radius 1 is 1.00 bits per heavy atom. The fourth-order valence-corrected chi connectivity index (χ4v) is 3.35. The Morgan fingerprint density at radius 3 is 2.46 bits per heavy atom. The van der Waals surface area contributed by atoms with Crippen molar-refractivity contribution in [2.45, 2.75) is 49.1 Å². The van der Waals surface area contributed by atoms with E-state index in [4.69, 9.17) is 25.1 Å². The molecule has 2 aliphatic rings. The van der Waals surface area contributed by atoms with Crippen molar-refractivity contribution in [2.75, 3.05) is 18.9 Å². The SMILES string of the molecule is Nc1ncnc2c1ncn2[C@@H]1O[C@H](COC2O[C@H](CO)[C@@H](O)[C@H]2O)[C@@H](O)[C@H]1O.